The highest BCUT2D eigenvalue weighted by Crippen LogP contribution is 2.29. The molecular formula is C8H6ClNOS. The standard InChI is InChI=1S/C8H6ClNOS/c9-7-5-6(11)1-2-8(7)12-4-3-10/h1-2,5,11H,4H2. The van der Waals surface area contributed by atoms with Crippen LogP contribution in [0.15, 0.2) is 23.1 Å². The molecule has 1 aromatic carbocycles. The Morgan fingerprint density at radius 1 is 1.58 bits per heavy atom. The lowest BCUT2D eigenvalue weighted by Gasteiger charge is -2.00. The van der Waals surface area contributed by atoms with Crippen LogP contribution in [0.1, 0.15) is 0 Å². The molecule has 0 aliphatic heterocycles. The van der Waals surface area contributed by atoms with Crippen molar-refractivity contribution in [3.63, 3.8) is 0 Å². The van der Waals surface area contributed by atoms with Gasteiger partial charge in [-0.15, -0.1) is 11.8 Å². The summed E-state index contributed by atoms with van der Waals surface area (Å²) in [4.78, 5) is 0.816. The highest BCUT2D eigenvalue weighted by atomic mass is 35.5. The van der Waals surface area contributed by atoms with E-state index in [1.165, 1.54) is 17.8 Å². The summed E-state index contributed by atoms with van der Waals surface area (Å²) < 4.78 is 0. The van der Waals surface area contributed by atoms with Crippen molar-refractivity contribution in [3.8, 4) is 11.8 Å². The summed E-state index contributed by atoms with van der Waals surface area (Å²) in [7, 11) is 0. The third-order valence-corrected chi connectivity index (χ3v) is 2.57. The normalized spacial score (nSPS) is 9.33. The van der Waals surface area contributed by atoms with Crippen molar-refractivity contribution in [1.29, 1.82) is 5.26 Å². The first-order chi connectivity index (χ1) is 5.74. The maximum Gasteiger partial charge on any atom is 0.117 e. The average Bonchev–Trinajstić information content (AvgIpc) is 2.03. The summed E-state index contributed by atoms with van der Waals surface area (Å²) in [5, 5.41) is 17.8. The molecule has 0 saturated heterocycles. The van der Waals surface area contributed by atoms with Gasteiger partial charge in [-0.3, -0.25) is 0 Å². The van der Waals surface area contributed by atoms with E-state index >= 15 is 0 Å². The van der Waals surface area contributed by atoms with Crippen LogP contribution in [0.3, 0.4) is 0 Å². The summed E-state index contributed by atoms with van der Waals surface area (Å²) in [6, 6.07) is 6.70. The minimum absolute atomic E-state index is 0.140. The molecule has 0 aliphatic rings. The first kappa shape index (κ1) is 9.24. The molecule has 0 fully saturated rings. The van der Waals surface area contributed by atoms with Crippen molar-refractivity contribution in [1.82, 2.24) is 0 Å². The monoisotopic (exact) mass is 199 g/mol. The molecule has 0 bridgehead atoms. The van der Waals surface area contributed by atoms with Crippen LogP contribution in [0.2, 0.25) is 5.02 Å². The minimum atomic E-state index is 0.140. The molecule has 4 heteroatoms. The minimum Gasteiger partial charge on any atom is -0.508 e. The number of thioether (sulfide) groups is 1. The van der Waals surface area contributed by atoms with Crippen molar-refractivity contribution in [3.05, 3.63) is 23.2 Å². The Kier molecular flexibility index (Phi) is 3.27. The number of nitriles is 1. The first-order valence-electron chi connectivity index (χ1n) is 3.22. The quantitative estimate of drug-likeness (QED) is 0.745. The topological polar surface area (TPSA) is 44.0 Å². The van der Waals surface area contributed by atoms with Crippen LogP contribution in [-0.2, 0) is 0 Å². The number of halogens is 1. The van der Waals surface area contributed by atoms with E-state index in [1.807, 2.05) is 6.07 Å². The molecular weight excluding hydrogens is 194 g/mol. The van der Waals surface area contributed by atoms with E-state index in [0.717, 1.165) is 4.90 Å². The van der Waals surface area contributed by atoms with Gasteiger partial charge in [-0.1, -0.05) is 11.6 Å². The Hall–Kier alpha value is -0.850. The third-order valence-electron chi connectivity index (χ3n) is 1.21. The molecule has 0 aromatic heterocycles. The second kappa shape index (κ2) is 4.24. The second-order valence-electron chi connectivity index (χ2n) is 2.06. The number of benzene rings is 1. The highest BCUT2D eigenvalue weighted by molar-refractivity contribution is 7.99. The van der Waals surface area contributed by atoms with Gasteiger partial charge in [0.1, 0.15) is 5.75 Å². The first-order valence-corrected chi connectivity index (χ1v) is 4.58. The molecule has 12 heavy (non-hydrogen) atoms. The van der Waals surface area contributed by atoms with Crippen LogP contribution in [0.25, 0.3) is 0 Å². The molecule has 1 N–H and O–H groups in total. The molecule has 0 spiro atoms. The summed E-state index contributed by atoms with van der Waals surface area (Å²) in [6.07, 6.45) is 0. The molecule has 0 unspecified atom stereocenters. The Labute approximate surface area is 79.8 Å². The summed E-state index contributed by atoms with van der Waals surface area (Å²) in [6.45, 7) is 0. The van der Waals surface area contributed by atoms with Crippen LogP contribution in [0, 0.1) is 11.3 Å². The molecule has 0 amide bonds. The van der Waals surface area contributed by atoms with Gasteiger partial charge in [0.25, 0.3) is 0 Å². The zero-order valence-electron chi connectivity index (χ0n) is 6.12. The van der Waals surface area contributed by atoms with E-state index in [0.29, 0.717) is 10.8 Å². The van der Waals surface area contributed by atoms with Gasteiger partial charge in [-0.25, -0.2) is 0 Å². The predicted molar refractivity (Wildman–Crippen MR) is 49.5 cm³/mol. The van der Waals surface area contributed by atoms with Crippen molar-refractivity contribution < 1.29 is 5.11 Å². The molecule has 62 valence electrons. The Morgan fingerprint density at radius 2 is 2.33 bits per heavy atom. The lowest BCUT2D eigenvalue weighted by molar-refractivity contribution is 0.475. The zero-order chi connectivity index (χ0) is 8.97. The number of hydrogen-bond acceptors (Lipinski definition) is 3. The predicted octanol–water partition coefficient (Wildman–Crippen LogP) is 2.66. The van der Waals surface area contributed by atoms with Gasteiger partial charge in [0.15, 0.2) is 0 Å². The molecule has 0 heterocycles. The molecule has 0 atom stereocenters. The number of nitrogens with zero attached hydrogens (tertiary/aromatic N) is 1. The van der Waals surface area contributed by atoms with Gasteiger partial charge in [-0.05, 0) is 18.2 Å². The van der Waals surface area contributed by atoms with E-state index in [1.54, 1.807) is 12.1 Å². The number of phenols is 1. The second-order valence-corrected chi connectivity index (χ2v) is 3.49. The van der Waals surface area contributed by atoms with E-state index in [4.69, 9.17) is 22.0 Å². The Balaban J connectivity index is 2.81. The van der Waals surface area contributed by atoms with Gasteiger partial charge in [0, 0.05) is 4.90 Å². The van der Waals surface area contributed by atoms with Gasteiger partial charge in [0.05, 0.1) is 16.8 Å². The number of phenolic OH excluding ortho intramolecular Hbond substituents is 1. The molecule has 0 saturated carbocycles. The largest absolute Gasteiger partial charge is 0.508 e. The lowest BCUT2D eigenvalue weighted by atomic mass is 10.3. The summed E-state index contributed by atoms with van der Waals surface area (Å²) >= 11 is 7.13. The molecule has 0 radical (unpaired) electrons. The van der Waals surface area contributed by atoms with Crippen molar-refractivity contribution in [2.45, 2.75) is 4.90 Å². The summed E-state index contributed by atoms with van der Waals surface area (Å²) in [5.41, 5.74) is 0. The Morgan fingerprint density at radius 3 is 2.92 bits per heavy atom. The smallest absolute Gasteiger partial charge is 0.117 e. The zero-order valence-corrected chi connectivity index (χ0v) is 7.69. The third kappa shape index (κ3) is 2.33. The molecule has 1 aromatic rings. The number of aromatic hydroxyl groups is 1. The fraction of sp³-hybridized carbons (Fsp3) is 0.125. The summed E-state index contributed by atoms with van der Waals surface area (Å²) in [5.74, 6) is 0.506. The SMILES string of the molecule is N#CCSc1ccc(O)cc1Cl. The average molecular weight is 200 g/mol. The van der Waals surface area contributed by atoms with E-state index in [-0.39, 0.29) is 5.75 Å². The van der Waals surface area contributed by atoms with E-state index in [9.17, 15) is 0 Å². The fourth-order valence-corrected chi connectivity index (χ4v) is 1.64. The van der Waals surface area contributed by atoms with Crippen LogP contribution in [0.5, 0.6) is 5.75 Å². The van der Waals surface area contributed by atoms with Crippen LogP contribution < -0.4 is 0 Å². The highest BCUT2D eigenvalue weighted by Gasteiger charge is 2.00. The Bertz CT molecular complexity index is 321. The number of rotatable bonds is 2. The lowest BCUT2D eigenvalue weighted by Crippen LogP contribution is -1.76. The van der Waals surface area contributed by atoms with Crippen LogP contribution in [-0.4, -0.2) is 10.9 Å². The van der Waals surface area contributed by atoms with Gasteiger partial charge < -0.3 is 5.11 Å². The molecule has 1 rings (SSSR count). The van der Waals surface area contributed by atoms with Crippen molar-refractivity contribution >= 4 is 23.4 Å². The number of hydrogen-bond donors (Lipinski definition) is 1. The van der Waals surface area contributed by atoms with Crippen molar-refractivity contribution in [2.24, 2.45) is 0 Å². The van der Waals surface area contributed by atoms with Crippen molar-refractivity contribution in [2.75, 3.05) is 5.75 Å². The van der Waals surface area contributed by atoms with E-state index < -0.39 is 0 Å². The molecule has 0 aliphatic carbocycles. The van der Waals surface area contributed by atoms with Crippen LogP contribution in [0.4, 0.5) is 0 Å². The van der Waals surface area contributed by atoms with E-state index in [2.05, 4.69) is 0 Å². The van der Waals surface area contributed by atoms with Gasteiger partial charge in [-0.2, -0.15) is 5.26 Å². The maximum absolute atomic E-state index is 9.00. The van der Waals surface area contributed by atoms with Gasteiger partial charge >= 0.3 is 0 Å². The van der Waals surface area contributed by atoms with Crippen LogP contribution >= 0.6 is 23.4 Å². The molecule has 2 nitrogen and oxygen atoms in total. The fourth-order valence-electron chi connectivity index (χ4n) is 0.717. The maximum atomic E-state index is 9.00. The van der Waals surface area contributed by atoms with Gasteiger partial charge in [0.2, 0.25) is 0 Å².